The molecule has 2 fully saturated rings. The highest BCUT2D eigenvalue weighted by atomic mass is 79.9. The topological polar surface area (TPSA) is 72.8 Å². The van der Waals surface area contributed by atoms with E-state index < -0.39 is 11.0 Å². The lowest BCUT2D eigenvalue weighted by molar-refractivity contribution is -0.130. The fourth-order valence-corrected chi connectivity index (χ4v) is 6.68. The minimum atomic E-state index is -0.928. The first-order valence-electron chi connectivity index (χ1n) is 10.9. The van der Waals surface area contributed by atoms with Crippen molar-refractivity contribution in [2.75, 3.05) is 19.6 Å². The van der Waals surface area contributed by atoms with Crippen molar-refractivity contribution in [1.29, 1.82) is 0 Å². The lowest BCUT2D eigenvalue weighted by atomic mass is 9.55. The highest BCUT2D eigenvalue weighted by Gasteiger charge is 2.57. The number of carbonyl (C=O) groups is 1. The number of fused-ring (bicyclic) bond motifs is 1. The van der Waals surface area contributed by atoms with Crippen LogP contribution in [-0.4, -0.2) is 52.3 Å². The lowest BCUT2D eigenvalue weighted by Crippen LogP contribution is -2.67. The highest BCUT2D eigenvalue weighted by Crippen LogP contribution is 2.52. The van der Waals surface area contributed by atoms with Crippen molar-refractivity contribution in [3.63, 3.8) is 0 Å². The smallest absolute Gasteiger partial charge is 0.244 e. The summed E-state index contributed by atoms with van der Waals surface area (Å²) in [7, 11) is 0. The van der Waals surface area contributed by atoms with Gasteiger partial charge in [-0.15, -0.1) is 17.9 Å². The Kier molecular flexibility index (Phi) is 6.91. The molecule has 4 rings (SSSR count). The second kappa shape index (κ2) is 9.51. The molecule has 170 valence electrons. The van der Waals surface area contributed by atoms with Gasteiger partial charge in [-0.25, -0.2) is 0 Å². The van der Waals surface area contributed by atoms with Crippen LogP contribution >= 0.6 is 27.3 Å². The Hall–Kier alpha value is -1.93. The quantitative estimate of drug-likeness (QED) is 0.391. The normalized spacial score (nSPS) is 28.4. The maximum atomic E-state index is 12.6. The molecule has 1 saturated carbocycles. The Morgan fingerprint density at radius 3 is 2.94 bits per heavy atom. The summed E-state index contributed by atoms with van der Waals surface area (Å²) >= 11 is 5.00. The number of aromatic hydroxyl groups is 1. The third-order valence-corrected chi connectivity index (χ3v) is 8.51. The van der Waals surface area contributed by atoms with Crippen LogP contribution in [0.25, 0.3) is 6.08 Å². The third kappa shape index (κ3) is 4.71. The van der Waals surface area contributed by atoms with E-state index >= 15 is 0 Å². The number of hydrogen-bond acceptors (Lipinski definition) is 5. The van der Waals surface area contributed by atoms with Crippen molar-refractivity contribution in [2.45, 2.75) is 42.7 Å². The molecule has 1 amide bonds. The van der Waals surface area contributed by atoms with Gasteiger partial charge in [0.25, 0.3) is 0 Å². The first-order valence-corrected chi connectivity index (χ1v) is 12.6. The maximum Gasteiger partial charge on any atom is 0.244 e. The zero-order valence-electron chi connectivity index (χ0n) is 18.0. The van der Waals surface area contributed by atoms with Crippen molar-refractivity contribution < 1.29 is 15.0 Å². The summed E-state index contributed by atoms with van der Waals surface area (Å²) in [5, 5.41) is 27.2. The number of likely N-dealkylation sites (tertiary alicyclic amines) is 1. The van der Waals surface area contributed by atoms with Crippen LogP contribution in [-0.2, 0) is 10.2 Å². The molecule has 1 aromatic heterocycles. The summed E-state index contributed by atoms with van der Waals surface area (Å²) in [5.41, 5.74) is -0.513. The molecule has 2 heterocycles. The molecule has 0 unspecified atom stereocenters. The van der Waals surface area contributed by atoms with Gasteiger partial charge in [0.05, 0.1) is 5.60 Å². The van der Waals surface area contributed by atoms with Crippen LogP contribution < -0.4 is 5.32 Å². The van der Waals surface area contributed by atoms with Crippen LogP contribution in [0.2, 0.25) is 0 Å². The predicted octanol–water partition coefficient (Wildman–Crippen LogP) is 4.46. The van der Waals surface area contributed by atoms with Crippen LogP contribution in [0, 0.1) is 0 Å². The maximum absolute atomic E-state index is 12.6. The molecule has 3 N–H and O–H groups in total. The molecule has 1 aliphatic carbocycles. The third-order valence-electron chi connectivity index (χ3n) is 6.85. The molecular weight excluding hydrogens is 488 g/mol. The van der Waals surface area contributed by atoms with E-state index in [1.807, 2.05) is 35.7 Å². The van der Waals surface area contributed by atoms with Crippen molar-refractivity contribution in [1.82, 2.24) is 10.2 Å². The van der Waals surface area contributed by atoms with E-state index in [2.05, 4.69) is 32.7 Å². The number of piperidine rings is 1. The number of β-amino-alcohol motifs (C(OH)–C–C–N with tert-alkyl or cyclic N) is 1. The Morgan fingerprint density at radius 1 is 1.38 bits per heavy atom. The van der Waals surface area contributed by atoms with E-state index in [9.17, 15) is 15.0 Å². The van der Waals surface area contributed by atoms with Crippen LogP contribution in [0.5, 0.6) is 5.75 Å². The van der Waals surface area contributed by atoms with Gasteiger partial charge in [0.15, 0.2) is 0 Å². The van der Waals surface area contributed by atoms with Gasteiger partial charge < -0.3 is 15.5 Å². The number of carbonyl (C=O) groups excluding carboxylic acids is 1. The molecular formula is C25H29BrN2O3S. The minimum absolute atomic E-state index is 0.0456. The van der Waals surface area contributed by atoms with E-state index in [0.717, 1.165) is 34.4 Å². The standard InChI is InChI=1S/C25H29BrN2O3S/c1-2-11-28-12-10-24(18-4-3-5-21(29)13-18)15-20(8-9-25(24,31)17-28)27-23(30)7-6-22-14-19(26)16-32-22/h2-7,13-14,16,20,29,31H,1,8-12,15,17H2,(H,27,30)/b7-6+/t20-,24+,25+/m1/s1. The summed E-state index contributed by atoms with van der Waals surface area (Å²) in [5.74, 6) is 0.0732. The zero-order chi connectivity index (χ0) is 22.8. The molecule has 0 spiro atoms. The molecule has 2 aromatic rings. The van der Waals surface area contributed by atoms with E-state index in [4.69, 9.17) is 0 Å². The number of halogens is 1. The Morgan fingerprint density at radius 2 is 2.22 bits per heavy atom. The molecule has 1 saturated heterocycles. The number of benzene rings is 1. The number of nitrogens with zero attached hydrogens (tertiary/aromatic N) is 1. The number of phenols is 1. The molecule has 32 heavy (non-hydrogen) atoms. The second-order valence-corrected chi connectivity index (χ2v) is 10.7. The number of aliphatic hydroxyl groups is 1. The van der Waals surface area contributed by atoms with Gasteiger partial charge in [-0.3, -0.25) is 9.69 Å². The summed E-state index contributed by atoms with van der Waals surface area (Å²) in [6.07, 6.45) is 7.96. The summed E-state index contributed by atoms with van der Waals surface area (Å²) in [6.45, 7) is 5.97. The van der Waals surface area contributed by atoms with Gasteiger partial charge in [-0.05, 0) is 78.0 Å². The van der Waals surface area contributed by atoms with Crippen molar-refractivity contribution in [3.8, 4) is 5.75 Å². The molecule has 0 radical (unpaired) electrons. The van der Waals surface area contributed by atoms with Gasteiger partial charge in [0.1, 0.15) is 5.75 Å². The first-order chi connectivity index (χ1) is 15.3. The fourth-order valence-electron chi connectivity index (χ4n) is 5.35. The average molecular weight is 517 g/mol. The summed E-state index contributed by atoms with van der Waals surface area (Å²) < 4.78 is 1.00. The fraction of sp³-hybridized carbons (Fsp3) is 0.400. The molecule has 0 bridgehead atoms. The number of phenolic OH excluding ortho intramolecular Hbond substituents is 1. The molecule has 1 aliphatic heterocycles. The van der Waals surface area contributed by atoms with Gasteiger partial charge in [0.2, 0.25) is 5.91 Å². The summed E-state index contributed by atoms with van der Waals surface area (Å²) in [4.78, 5) is 15.9. The first kappa shape index (κ1) is 23.2. The van der Waals surface area contributed by atoms with Gasteiger partial charge in [-0.2, -0.15) is 0 Å². The summed E-state index contributed by atoms with van der Waals surface area (Å²) in [6, 6.07) is 9.18. The SMILES string of the molecule is C=CCN1CC[C@@]2(c3cccc(O)c3)C[C@H](NC(=O)/C=C/c3cc(Br)cs3)CC[C@]2(O)C1. The van der Waals surface area contributed by atoms with E-state index in [1.165, 1.54) is 0 Å². The van der Waals surface area contributed by atoms with Crippen molar-refractivity contribution in [3.05, 3.63) is 69.4 Å². The molecule has 3 atom stereocenters. The number of thiophene rings is 1. The van der Waals surface area contributed by atoms with E-state index in [-0.39, 0.29) is 17.7 Å². The van der Waals surface area contributed by atoms with Crippen LogP contribution in [0.4, 0.5) is 0 Å². The van der Waals surface area contributed by atoms with Crippen molar-refractivity contribution in [2.24, 2.45) is 0 Å². The molecule has 5 nitrogen and oxygen atoms in total. The zero-order valence-corrected chi connectivity index (χ0v) is 20.4. The van der Waals surface area contributed by atoms with Gasteiger partial charge in [0, 0.05) is 45.4 Å². The number of hydrogen-bond donors (Lipinski definition) is 3. The van der Waals surface area contributed by atoms with Crippen LogP contribution in [0.15, 0.2) is 58.9 Å². The van der Waals surface area contributed by atoms with Crippen LogP contribution in [0.3, 0.4) is 0 Å². The highest BCUT2D eigenvalue weighted by molar-refractivity contribution is 9.10. The lowest BCUT2D eigenvalue weighted by Gasteiger charge is -2.58. The Bertz CT molecular complexity index is 1020. The predicted molar refractivity (Wildman–Crippen MR) is 133 cm³/mol. The molecule has 2 aliphatic rings. The van der Waals surface area contributed by atoms with E-state index in [0.29, 0.717) is 25.8 Å². The Labute approximate surface area is 201 Å². The number of rotatable bonds is 6. The van der Waals surface area contributed by atoms with E-state index in [1.54, 1.807) is 29.5 Å². The second-order valence-electron chi connectivity index (χ2n) is 8.89. The monoisotopic (exact) mass is 516 g/mol. The van der Waals surface area contributed by atoms with Gasteiger partial charge in [-0.1, -0.05) is 18.2 Å². The average Bonchev–Trinajstić information content (AvgIpc) is 3.18. The largest absolute Gasteiger partial charge is 0.508 e. The number of nitrogens with one attached hydrogen (secondary N) is 1. The van der Waals surface area contributed by atoms with Crippen LogP contribution in [0.1, 0.15) is 36.1 Å². The Balaban J connectivity index is 1.56. The molecule has 7 heteroatoms. The molecule has 1 aromatic carbocycles. The number of amides is 1. The van der Waals surface area contributed by atoms with Gasteiger partial charge >= 0.3 is 0 Å². The minimum Gasteiger partial charge on any atom is -0.508 e. The van der Waals surface area contributed by atoms with Crippen molar-refractivity contribution >= 4 is 39.2 Å².